The van der Waals surface area contributed by atoms with E-state index in [1.165, 1.54) is 0 Å². The summed E-state index contributed by atoms with van der Waals surface area (Å²) in [7, 11) is 0. The van der Waals surface area contributed by atoms with Crippen LogP contribution in [0.5, 0.6) is 0 Å². The fraction of sp³-hybridized carbons (Fsp3) is 0.250. The second-order valence-electron chi connectivity index (χ2n) is 6.64. The molecule has 0 aliphatic rings. The number of rotatable bonds is 5. The van der Waals surface area contributed by atoms with Gasteiger partial charge in [-0.1, -0.05) is 43.7 Å². The Balaban J connectivity index is 1.75. The van der Waals surface area contributed by atoms with Gasteiger partial charge in [0, 0.05) is 5.56 Å². The summed E-state index contributed by atoms with van der Waals surface area (Å²) in [5.41, 5.74) is 6.01. The van der Waals surface area contributed by atoms with Crippen molar-refractivity contribution in [1.29, 1.82) is 0 Å². The van der Waals surface area contributed by atoms with Gasteiger partial charge < -0.3 is 5.32 Å². The van der Waals surface area contributed by atoms with Crippen LogP contribution in [0.1, 0.15) is 29.8 Å². The minimum Gasteiger partial charge on any atom is -0.340 e. The maximum absolute atomic E-state index is 12.7. The normalized spacial score (nSPS) is 12.2. The van der Waals surface area contributed by atoms with Gasteiger partial charge in [-0.05, 0) is 37.1 Å². The molecule has 1 atom stereocenters. The van der Waals surface area contributed by atoms with Gasteiger partial charge >= 0.3 is 0 Å². The van der Waals surface area contributed by atoms with Crippen molar-refractivity contribution in [1.82, 2.24) is 15.0 Å². The largest absolute Gasteiger partial charge is 0.340 e. The van der Waals surface area contributed by atoms with Gasteiger partial charge in [-0.25, -0.2) is 9.66 Å². The van der Waals surface area contributed by atoms with E-state index in [0.29, 0.717) is 5.56 Å². The average molecular weight is 350 g/mol. The Bertz CT molecular complexity index is 928. The van der Waals surface area contributed by atoms with Crippen LogP contribution >= 0.6 is 0 Å². The van der Waals surface area contributed by atoms with E-state index in [9.17, 15) is 9.59 Å². The van der Waals surface area contributed by atoms with Crippen molar-refractivity contribution in [3.63, 3.8) is 0 Å². The molecule has 0 saturated carbocycles. The lowest BCUT2D eigenvalue weighted by Gasteiger charge is -2.22. The van der Waals surface area contributed by atoms with E-state index in [-0.39, 0.29) is 17.7 Å². The fourth-order valence-electron chi connectivity index (χ4n) is 2.70. The van der Waals surface area contributed by atoms with E-state index in [4.69, 9.17) is 0 Å². The Labute approximate surface area is 152 Å². The standard InChI is InChI=1S/C20H22N4O2/c1-13(2)18(22-19(25)15-10-8-14(3)9-11-15)20(26)23-24-12-21-16-6-4-5-7-17(16)24/h4-13,18H,1-3H3,(H,22,25)(H,23,26). The molecule has 0 spiro atoms. The predicted octanol–water partition coefficient (Wildman–Crippen LogP) is 2.87. The highest BCUT2D eigenvalue weighted by Gasteiger charge is 2.25. The van der Waals surface area contributed by atoms with Gasteiger partial charge in [-0.2, -0.15) is 0 Å². The first kappa shape index (κ1) is 17.7. The molecule has 2 aromatic carbocycles. The molecular weight excluding hydrogens is 328 g/mol. The third kappa shape index (κ3) is 3.74. The summed E-state index contributed by atoms with van der Waals surface area (Å²) in [4.78, 5) is 29.5. The Morgan fingerprint density at radius 3 is 2.42 bits per heavy atom. The smallest absolute Gasteiger partial charge is 0.261 e. The number of aryl methyl sites for hydroxylation is 1. The highest BCUT2D eigenvalue weighted by Crippen LogP contribution is 2.11. The van der Waals surface area contributed by atoms with Gasteiger partial charge in [0.05, 0.1) is 11.0 Å². The molecule has 0 aliphatic heterocycles. The van der Waals surface area contributed by atoms with E-state index >= 15 is 0 Å². The number of aromatic nitrogens is 2. The predicted molar refractivity (Wildman–Crippen MR) is 101 cm³/mol. The van der Waals surface area contributed by atoms with Crippen molar-refractivity contribution in [2.45, 2.75) is 26.8 Å². The monoisotopic (exact) mass is 350 g/mol. The molecule has 0 fully saturated rings. The Morgan fingerprint density at radius 1 is 1.04 bits per heavy atom. The molecule has 2 amide bonds. The number of carbonyl (C=O) groups is 2. The first-order chi connectivity index (χ1) is 12.5. The zero-order valence-corrected chi connectivity index (χ0v) is 15.1. The van der Waals surface area contributed by atoms with Gasteiger partial charge in [0.2, 0.25) is 0 Å². The third-order valence-electron chi connectivity index (χ3n) is 4.23. The molecule has 26 heavy (non-hydrogen) atoms. The van der Waals surface area contributed by atoms with E-state index in [1.807, 2.05) is 57.2 Å². The van der Waals surface area contributed by atoms with Gasteiger partial charge in [-0.3, -0.25) is 15.0 Å². The minimum absolute atomic E-state index is 0.0702. The summed E-state index contributed by atoms with van der Waals surface area (Å²) in [5.74, 6) is -0.628. The lowest BCUT2D eigenvalue weighted by Crippen LogP contribution is -2.48. The van der Waals surface area contributed by atoms with E-state index in [1.54, 1.807) is 23.1 Å². The third-order valence-corrected chi connectivity index (χ3v) is 4.23. The van der Waals surface area contributed by atoms with Crippen LogP contribution < -0.4 is 10.7 Å². The van der Waals surface area contributed by atoms with Gasteiger partial charge in [0.25, 0.3) is 11.8 Å². The topological polar surface area (TPSA) is 76.0 Å². The van der Waals surface area contributed by atoms with Gasteiger partial charge in [0.15, 0.2) is 0 Å². The van der Waals surface area contributed by atoms with E-state index in [0.717, 1.165) is 16.6 Å². The number of imidazole rings is 1. The molecule has 1 heterocycles. The quantitative estimate of drug-likeness (QED) is 0.743. The van der Waals surface area contributed by atoms with Crippen LogP contribution in [0, 0.1) is 12.8 Å². The Kier molecular flexibility index (Phi) is 5.02. The fourth-order valence-corrected chi connectivity index (χ4v) is 2.70. The number of nitrogens with one attached hydrogen (secondary N) is 2. The van der Waals surface area contributed by atoms with Crippen molar-refractivity contribution >= 4 is 22.8 Å². The van der Waals surface area contributed by atoms with Crippen LogP contribution in [0.15, 0.2) is 54.9 Å². The Morgan fingerprint density at radius 2 is 1.73 bits per heavy atom. The molecule has 3 rings (SSSR count). The first-order valence-electron chi connectivity index (χ1n) is 8.56. The van der Waals surface area contributed by atoms with E-state index < -0.39 is 6.04 Å². The maximum Gasteiger partial charge on any atom is 0.261 e. The van der Waals surface area contributed by atoms with Crippen LogP contribution in [0.2, 0.25) is 0 Å². The van der Waals surface area contributed by atoms with Crippen LogP contribution in [-0.4, -0.2) is 27.5 Å². The average Bonchev–Trinajstić information content (AvgIpc) is 3.02. The second kappa shape index (κ2) is 7.39. The zero-order valence-electron chi connectivity index (χ0n) is 15.1. The number of fused-ring (bicyclic) bond motifs is 1. The summed E-state index contributed by atoms with van der Waals surface area (Å²) in [6.45, 7) is 5.75. The molecule has 1 aromatic heterocycles. The number of nitrogens with zero attached hydrogens (tertiary/aromatic N) is 2. The molecule has 0 saturated heterocycles. The van der Waals surface area contributed by atoms with Crippen molar-refractivity contribution in [3.05, 3.63) is 66.0 Å². The SMILES string of the molecule is Cc1ccc(C(=O)NC(C(=O)Nn2cnc3ccccc32)C(C)C)cc1. The number of hydrogen-bond acceptors (Lipinski definition) is 3. The van der Waals surface area contributed by atoms with Crippen LogP contribution in [0.4, 0.5) is 0 Å². The molecule has 1 unspecified atom stereocenters. The maximum atomic E-state index is 12.7. The van der Waals surface area contributed by atoms with Crippen molar-refractivity contribution < 1.29 is 9.59 Å². The molecule has 3 aromatic rings. The molecular formula is C20H22N4O2. The summed E-state index contributed by atoms with van der Waals surface area (Å²) < 4.78 is 1.57. The molecule has 6 nitrogen and oxygen atoms in total. The number of amides is 2. The molecule has 2 N–H and O–H groups in total. The number of carbonyl (C=O) groups excluding carboxylic acids is 2. The van der Waals surface area contributed by atoms with Crippen molar-refractivity contribution in [3.8, 4) is 0 Å². The highest BCUT2D eigenvalue weighted by atomic mass is 16.2. The second-order valence-corrected chi connectivity index (χ2v) is 6.64. The summed E-state index contributed by atoms with van der Waals surface area (Å²) >= 11 is 0. The van der Waals surface area contributed by atoms with Crippen LogP contribution in [0.3, 0.4) is 0 Å². The van der Waals surface area contributed by atoms with Gasteiger partial charge in [0.1, 0.15) is 12.4 Å². The number of para-hydroxylation sites is 2. The molecule has 0 bridgehead atoms. The number of hydrogen-bond donors (Lipinski definition) is 2. The van der Waals surface area contributed by atoms with Gasteiger partial charge in [-0.15, -0.1) is 0 Å². The van der Waals surface area contributed by atoms with Crippen LogP contribution in [0.25, 0.3) is 11.0 Å². The highest BCUT2D eigenvalue weighted by molar-refractivity contribution is 5.99. The summed E-state index contributed by atoms with van der Waals surface area (Å²) in [6, 6.07) is 14.1. The molecule has 0 aliphatic carbocycles. The van der Waals surface area contributed by atoms with E-state index in [2.05, 4.69) is 15.7 Å². The lowest BCUT2D eigenvalue weighted by molar-refractivity contribution is -0.119. The Hall–Kier alpha value is -3.15. The van der Waals surface area contributed by atoms with Crippen molar-refractivity contribution in [2.75, 3.05) is 5.43 Å². The molecule has 6 heteroatoms. The summed E-state index contributed by atoms with van der Waals surface area (Å²) in [5, 5.41) is 2.83. The van der Waals surface area contributed by atoms with Crippen molar-refractivity contribution in [2.24, 2.45) is 5.92 Å². The number of benzene rings is 2. The molecule has 0 radical (unpaired) electrons. The summed E-state index contributed by atoms with van der Waals surface area (Å²) in [6.07, 6.45) is 1.56. The van der Waals surface area contributed by atoms with Crippen LogP contribution in [-0.2, 0) is 4.79 Å². The lowest BCUT2D eigenvalue weighted by atomic mass is 10.0. The first-order valence-corrected chi connectivity index (χ1v) is 8.56. The molecule has 134 valence electrons. The minimum atomic E-state index is -0.662. The zero-order chi connectivity index (χ0) is 18.7.